The zero-order valence-corrected chi connectivity index (χ0v) is 14.7. The predicted molar refractivity (Wildman–Crippen MR) is 97.7 cm³/mol. The minimum atomic E-state index is -0.299. The van der Waals surface area contributed by atoms with Gasteiger partial charge in [-0.25, -0.2) is 14.4 Å². The summed E-state index contributed by atoms with van der Waals surface area (Å²) < 4.78 is 20.2. The van der Waals surface area contributed by atoms with E-state index < -0.39 is 0 Å². The number of benzene rings is 1. The van der Waals surface area contributed by atoms with Crippen molar-refractivity contribution in [1.82, 2.24) is 14.4 Å². The molecule has 130 valence electrons. The number of aromatic nitrogens is 3. The molecule has 5 nitrogen and oxygen atoms in total. The van der Waals surface area contributed by atoms with Crippen molar-refractivity contribution in [1.29, 1.82) is 0 Å². The van der Waals surface area contributed by atoms with Crippen LogP contribution in [0.5, 0.6) is 0 Å². The van der Waals surface area contributed by atoms with Crippen molar-refractivity contribution >= 4 is 17.4 Å². The standard InChI is InChI=1S/C19H14FN3O2S/c1-12-6-7-23-17(8-12)22-15(9-18(23)24)11-26-19-21-10-16(25-19)13-2-4-14(20)5-3-13/h2-10H,11H2,1H3. The van der Waals surface area contributed by atoms with Crippen molar-refractivity contribution in [2.24, 2.45) is 0 Å². The number of hydrogen-bond acceptors (Lipinski definition) is 5. The molecule has 26 heavy (non-hydrogen) atoms. The summed E-state index contributed by atoms with van der Waals surface area (Å²) in [5, 5.41) is 0.468. The monoisotopic (exact) mass is 367 g/mol. The number of aryl methyl sites for hydroxylation is 1. The summed E-state index contributed by atoms with van der Waals surface area (Å²) in [5.74, 6) is 0.727. The predicted octanol–water partition coefficient (Wildman–Crippen LogP) is 4.09. The van der Waals surface area contributed by atoms with Crippen LogP contribution in [0.3, 0.4) is 0 Å². The van der Waals surface area contributed by atoms with Gasteiger partial charge in [0.2, 0.25) is 0 Å². The van der Waals surface area contributed by atoms with Crippen LogP contribution in [0.4, 0.5) is 4.39 Å². The van der Waals surface area contributed by atoms with Gasteiger partial charge in [0.1, 0.15) is 11.5 Å². The van der Waals surface area contributed by atoms with Gasteiger partial charge in [-0.15, -0.1) is 0 Å². The Hall–Kier alpha value is -2.93. The SMILES string of the molecule is Cc1ccn2c(=O)cc(CSc3ncc(-c4ccc(F)cc4)o3)nc2c1. The van der Waals surface area contributed by atoms with E-state index in [-0.39, 0.29) is 11.4 Å². The Morgan fingerprint density at radius 2 is 2.00 bits per heavy atom. The molecule has 0 aliphatic carbocycles. The first-order chi connectivity index (χ1) is 12.6. The maximum absolute atomic E-state index is 13.0. The number of hydrogen-bond donors (Lipinski definition) is 0. The molecule has 0 fully saturated rings. The summed E-state index contributed by atoms with van der Waals surface area (Å²) in [6, 6.07) is 11.3. The Bertz CT molecular complexity index is 1140. The summed E-state index contributed by atoms with van der Waals surface area (Å²) in [6.45, 7) is 1.96. The Balaban J connectivity index is 1.53. The summed E-state index contributed by atoms with van der Waals surface area (Å²) in [4.78, 5) is 20.9. The second kappa shape index (κ2) is 6.76. The van der Waals surface area contributed by atoms with Gasteiger partial charge in [-0.3, -0.25) is 9.20 Å². The normalized spacial score (nSPS) is 11.2. The van der Waals surface area contributed by atoms with Gasteiger partial charge >= 0.3 is 0 Å². The third-order valence-corrected chi connectivity index (χ3v) is 4.71. The topological polar surface area (TPSA) is 60.4 Å². The van der Waals surface area contributed by atoms with Gasteiger partial charge in [0.05, 0.1) is 11.9 Å². The highest BCUT2D eigenvalue weighted by Gasteiger charge is 2.09. The molecule has 3 aromatic heterocycles. The number of nitrogens with zero attached hydrogens (tertiary/aromatic N) is 3. The molecule has 0 amide bonds. The first-order valence-electron chi connectivity index (χ1n) is 7.92. The van der Waals surface area contributed by atoms with Crippen LogP contribution in [0.1, 0.15) is 11.3 Å². The first-order valence-corrected chi connectivity index (χ1v) is 8.90. The van der Waals surface area contributed by atoms with E-state index in [1.54, 1.807) is 24.5 Å². The third-order valence-electron chi connectivity index (χ3n) is 3.83. The molecule has 4 rings (SSSR count). The van der Waals surface area contributed by atoms with E-state index in [1.165, 1.54) is 34.4 Å². The Morgan fingerprint density at radius 3 is 2.81 bits per heavy atom. The number of oxazole rings is 1. The molecule has 0 spiro atoms. The third kappa shape index (κ3) is 3.39. The van der Waals surface area contributed by atoms with Crippen LogP contribution in [-0.4, -0.2) is 14.4 Å². The van der Waals surface area contributed by atoms with E-state index in [0.717, 1.165) is 11.1 Å². The Kier molecular flexibility index (Phi) is 4.30. The molecule has 0 N–H and O–H groups in total. The van der Waals surface area contributed by atoms with E-state index in [0.29, 0.717) is 28.1 Å². The average Bonchev–Trinajstić information content (AvgIpc) is 3.09. The van der Waals surface area contributed by atoms with Gasteiger partial charge in [0, 0.05) is 23.6 Å². The van der Waals surface area contributed by atoms with Gasteiger partial charge in [0.15, 0.2) is 5.76 Å². The maximum Gasteiger partial charge on any atom is 0.258 e. The fourth-order valence-corrected chi connectivity index (χ4v) is 3.23. The van der Waals surface area contributed by atoms with Gasteiger partial charge in [-0.1, -0.05) is 11.8 Å². The van der Waals surface area contributed by atoms with Crippen LogP contribution in [-0.2, 0) is 5.75 Å². The molecule has 0 saturated heterocycles. The molecule has 0 atom stereocenters. The lowest BCUT2D eigenvalue weighted by molar-refractivity contribution is 0.466. The van der Waals surface area contributed by atoms with Crippen LogP contribution in [0, 0.1) is 12.7 Å². The van der Waals surface area contributed by atoms with E-state index in [1.807, 2.05) is 19.1 Å². The summed E-state index contributed by atoms with van der Waals surface area (Å²) in [6.07, 6.45) is 3.32. The molecular weight excluding hydrogens is 353 g/mol. The summed E-state index contributed by atoms with van der Waals surface area (Å²) in [5.41, 5.74) is 2.95. The molecule has 3 heterocycles. The quantitative estimate of drug-likeness (QED) is 0.509. The van der Waals surface area contributed by atoms with Crippen LogP contribution >= 0.6 is 11.8 Å². The van der Waals surface area contributed by atoms with Crippen molar-refractivity contribution in [2.45, 2.75) is 17.9 Å². The first kappa shape index (κ1) is 16.5. The molecule has 0 saturated carbocycles. The number of thioether (sulfide) groups is 1. The molecule has 0 radical (unpaired) electrons. The lowest BCUT2D eigenvalue weighted by Crippen LogP contribution is -2.15. The van der Waals surface area contributed by atoms with E-state index in [2.05, 4.69) is 9.97 Å². The summed E-state index contributed by atoms with van der Waals surface area (Å²) in [7, 11) is 0. The molecule has 0 aliphatic heterocycles. The second-order valence-electron chi connectivity index (χ2n) is 5.80. The molecule has 0 unspecified atom stereocenters. The lowest BCUT2D eigenvalue weighted by atomic mass is 10.2. The van der Waals surface area contributed by atoms with Crippen molar-refractivity contribution < 1.29 is 8.81 Å². The van der Waals surface area contributed by atoms with Crippen LogP contribution in [0.2, 0.25) is 0 Å². The average molecular weight is 367 g/mol. The maximum atomic E-state index is 13.0. The van der Waals surface area contributed by atoms with E-state index in [4.69, 9.17) is 4.42 Å². The Labute approximate surface area is 152 Å². The molecular formula is C19H14FN3O2S. The smallest absolute Gasteiger partial charge is 0.258 e. The van der Waals surface area contributed by atoms with Gasteiger partial charge in [0.25, 0.3) is 10.8 Å². The molecule has 1 aromatic carbocycles. The molecule has 0 bridgehead atoms. The highest BCUT2D eigenvalue weighted by molar-refractivity contribution is 7.98. The zero-order valence-electron chi connectivity index (χ0n) is 13.8. The number of rotatable bonds is 4. The van der Waals surface area contributed by atoms with E-state index >= 15 is 0 Å². The zero-order chi connectivity index (χ0) is 18.1. The highest BCUT2D eigenvalue weighted by Crippen LogP contribution is 2.27. The summed E-state index contributed by atoms with van der Waals surface area (Å²) >= 11 is 1.35. The van der Waals surface area contributed by atoms with Gasteiger partial charge in [-0.2, -0.15) is 0 Å². The molecule has 7 heteroatoms. The Morgan fingerprint density at radius 1 is 1.19 bits per heavy atom. The van der Waals surface area contributed by atoms with Gasteiger partial charge in [-0.05, 0) is 48.9 Å². The lowest BCUT2D eigenvalue weighted by Gasteiger charge is -2.04. The fraction of sp³-hybridized carbons (Fsp3) is 0.105. The second-order valence-corrected chi connectivity index (χ2v) is 6.73. The molecule has 0 aliphatic rings. The number of fused-ring (bicyclic) bond motifs is 1. The molecule has 4 aromatic rings. The van der Waals surface area contributed by atoms with Crippen molar-refractivity contribution in [3.05, 3.63) is 82.3 Å². The van der Waals surface area contributed by atoms with Crippen molar-refractivity contribution in [2.75, 3.05) is 0 Å². The van der Waals surface area contributed by atoms with Crippen LogP contribution in [0.15, 0.2) is 69.3 Å². The number of pyridine rings is 1. The van der Waals surface area contributed by atoms with Crippen molar-refractivity contribution in [3.63, 3.8) is 0 Å². The number of halogens is 1. The van der Waals surface area contributed by atoms with Crippen LogP contribution < -0.4 is 5.56 Å². The van der Waals surface area contributed by atoms with Crippen LogP contribution in [0.25, 0.3) is 17.0 Å². The van der Waals surface area contributed by atoms with E-state index in [9.17, 15) is 9.18 Å². The fourth-order valence-electron chi connectivity index (χ4n) is 2.54. The minimum Gasteiger partial charge on any atom is -0.431 e. The van der Waals surface area contributed by atoms with Crippen molar-refractivity contribution in [3.8, 4) is 11.3 Å². The highest BCUT2D eigenvalue weighted by atomic mass is 32.2. The largest absolute Gasteiger partial charge is 0.431 e. The van der Waals surface area contributed by atoms with Gasteiger partial charge < -0.3 is 4.42 Å². The minimum absolute atomic E-state index is 0.120.